The minimum atomic E-state index is -0.745. The molecule has 0 aromatic heterocycles. The maximum absolute atomic E-state index is 12.6. The number of hydrogen-bond acceptors (Lipinski definition) is 4. The summed E-state index contributed by atoms with van der Waals surface area (Å²) in [5, 5.41) is 15.4. The molecule has 2 rings (SSSR count). The number of amides is 2. The van der Waals surface area contributed by atoms with Crippen molar-refractivity contribution in [1.29, 1.82) is 0 Å². The number of carbonyl (C=O) groups is 2. The molecule has 26 heavy (non-hydrogen) atoms. The molecule has 0 heterocycles. The lowest BCUT2D eigenvalue weighted by Gasteiger charge is -2.22. The lowest BCUT2D eigenvalue weighted by molar-refractivity contribution is -0.118. The van der Waals surface area contributed by atoms with E-state index in [1.54, 1.807) is 49.6 Å². The quantitative estimate of drug-likeness (QED) is 0.694. The van der Waals surface area contributed by atoms with E-state index < -0.39 is 6.04 Å². The predicted octanol–water partition coefficient (Wildman–Crippen LogP) is 3.10. The van der Waals surface area contributed by atoms with Gasteiger partial charge in [0, 0.05) is 5.56 Å². The molecule has 0 saturated carbocycles. The lowest BCUT2D eigenvalue weighted by atomic mass is 10.0. The molecular formula is C20H24N2O4. The minimum absolute atomic E-state index is 0.0117. The zero-order chi connectivity index (χ0) is 19.3. The highest BCUT2D eigenvalue weighted by atomic mass is 16.5. The SMILES string of the molecule is COc1ccc(C(=O)NC(C(=O)Nc2ccc(C)cc2O)C(C)C)cc1. The summed E-state index contributed by atoms with van der Waals surface area (Å²) in [5.74, 6) is -0.239. The van der Waals surface area contributed by atoms with Crippen molar-refractivity contribution in [3.05, 3.63) is 53.6 Å². The Morgan fingerprint density at radius 3 is 2.27 bits per heavy atom. The highest BCUT2D eigenvalue weighted by Crippen LogP contribution is 2.24. The summed E-state index contributed by atoms with van der Waals surface area (Å²) in [7, 11) is 1.55. The molecule has 0 aliphatic carbocycles. The van der Waals surface area contributed by atoms with Crippen LogP contribution >= 0.6 is 0 Å². The van der Waals surface area contributed by atoms with Gasteiger partial charge >= 0.3 is 0 Å². The van der Waals surface area contributed by atoms with Crippen LogP contribution < -0.4 is 15.4 Å². The molecule has 0 radical (unpaired) electrons. The molecule has 0 fully saturated rings. The summed E-state index contributed by atoms with van der Waals surface area (Å²) in [5.41, 5.74) is 1.63. The topological polar surface area (TPSA) is 87.7 Å². The van der Waals surface area contributed by atoms with Crippen LogP contribution in [0.3, 0.4) is 0 Å². The first kappa shape index (κ1) is 19.3. The third-order valence-electron chi connectivity index (χ3n) is 4.00. The van der Waals surface area contributed by atoms with Gasteiger partial charge < -0.3 is 20.5 Å². The van der Waals surface area contributed by atoms with Gasteiger partial charge in [-0.25, -0.2) is 0 Å². The van der Waals surface area contributed by atoms with Gasteiger partial charge in [0.05, 0.1) is 12.8 Å². The Kier molecular flexibility index (Phi) is 6.22. The van der Waals surface area contributed by atoms with E-state index in [0.717, 1.165) is 5.56 Å². The standard InChI is InChI=1S/C20H24N2O4/c1-12(2)18(20(25)21-16-10-5-13(3)11-17(16)23)22-19(24)14-6-8-15(26-4)9-7-14/h5-12,18,23H,1-4H3,(H,21,25)(H,22,24). The molecule has 1 atom stereocenters. The number of benzene rings is 2. The first-order valence-corrected chi connectivity index (χ1v) is 8.37. The number of aromatic hydroxyl groups is 1. The number of phenols is 1. The molecule has 0 bridgehead atoms. The van der Waals surface area contributed by atoms with Crippen molar-refractivity contribution < 1.29 is 19.4 Å². The monoisotopic (exact) mass is 356 g/mol. The number of hydrogen-bond donors (Lipinski definition) is 3. The molecule has 0 aliphatic heterocycles. The summed E-state index contributed by atoms with van der Waals surface area (Å²) in [6.45, 7) is 5.53. The Labute approximate surface area is 153 Å². The lowest BCUT2D eigenvalue weighted by Crippen LogP contribution is -2.47. The predicted molar refractivity (Wildman–Crippen MR) is 101 cm³/mol. The van der Waals surface area contributed by atoms with Crippen LogP contribution in [0.4, 0.5) is 5.69 Å². The first-order valence-electron chi connectivity index (χ1n) is 8.37. The summed E-state index contributed by atoms with van der Waals surface area (Å²) >= 11 is 0. The smallest absolute Gasteiger partial charge is 0.251 e. The summed E-state index contributed by atoms with van der Waals surface area (Å²) in [6.07, 6.45) is 0. The van der Waals surface area contributed by atoms with Gasteiger partial charge in [0.1, 0.15) is 17.5 Å². The average Bonchev–Trinajstić information content (AvgIpc) is 2.61. The van der Waals surface area contributed by atoms with E-state index in [4.69, 9.17) is 4.74 Å². The fourth-order valence-corrected chi connectivity index (χ4v) is 2.46. The molecule has 2 amide bonds. The van der Waals surface area contributed by atoms with Crippen molar-refractivity contribution in [3.63, 3.8) is 0 Å². The molecule has 3 N–H and O–H groups in total. The van der Waals surface area contributed by atoms with Crippen LogP contribution in [0.25, 0.3) is 0 Å². The van der Waals surface area contributed by atoms with Gasteiger partial charge in [0.25, 0.3) is 5.91 Å². The van der Waals surface area contributed by atoms with Gasteiger partial charge in [0.2, 0.25) is 5.91 Å². The number of methoxy groups -OCH3 is 1. The van der Waals surface area contributed by atoms with Crippen LogP contribution in [-0.4, -0.2) is 30.1 Å². The summed E-state index contributed by atoms with van der Waals surface area (Å²) in [6, 6.07) is 10.9. The summed E-state index contributed by atoms with van der Waals surface area (Å²) in [4.78, 5) is 25.0. The van der Waals surface area contributed by atoms with Gasteiger partial charge in [-0.3, -0.25) is 9.59 Å². The number of nitrogens with one attached hydrogen (secondary N) is 2. The van der Waals surface area contributed by atoms with E-state index in [0.29, 0.717) is 17.0 Å². The van der Waals surface area contributed by atoms with Gasteiger partial charge in [-0.2, -0.15) is 0 Å². The Hall–Kier alpha value is -3.02. The zero-order valence-electron chi connectivity index (χ0n) is 15.4. The molecular weight excluding hydrogens is 332 g/mol. The molecule has 138 valence electrons. The number of carbonyl (C=O) groups excluding carboxylic acids is 2. The van der Waals surface area contributed by atoms with Gasteiger partial charge in [-0.15, -0.1) is 0 Å². The Bertz CT molecular complexity index is 785. The van der Waals surface area contributed by atoms with E-state index in [1.807, 2.05) is 20.8 Å². The van der Waals surface area contributed by atoms with Crippen molar-refractivity contribution in [3.8, 4) is 11.5 Å². The highest BCUT2D eigenvalue weighted by molar-refractivity contribution is 6.01. The van der Waals surface area contributed by atoms with Crippen LogP contribution in [0.15, 0.2) is 42.5 Å². The number of phenolic OH excluding ortho intramolecular Hbond substituents is 1. The van der Waals surface area contributed by atoms with Crippen LogP contribution in [-0.2, 0) is 4.79 Å². The van der Waals surface area contributed by atoms with Crippen molar-refractivity contribution in [2.45, 2.75) is 26.8 Å². The fourth-order valence-electron chi connectivity index (χ4n) is 2.46. The Morgan fingerprint density at radius 1 is 1.08 bits per heavy atom. The largest absolute Gasteiger partial charge is 0.506 e. The fraction of sp³-hybridized carbons (Fsp3) is 0.300. The van der Waals surface area contributed by atoms with Crippen molar-refractivity contribution >= 4 is 17.5 Å². The van der Waals surface area contributed by atoms with Crippen LogP contribution in [0.5, 0.6) is 11.5 Å². The third-order valence-corrected chi connectivity index (χ3v) is 4.00. The second-order valence-electron chi connectivity index (χ2n) is 6.43. The highest BCUT2D eigenvalue weighted by Gasteiger charge is 2.25. The number of rotatable bonds is 6. The molecule has 0 aliphatic rings. The van der Waals surface area contributed by atoms with Crippen LogP contribution in [0.1, 0.15) is 29.8 Å². The molecule has 6 nitrogen and oxygen atoms in total. The first-order chi connectivity index (χ1) is 12.3. The number of anilines is 1. The molecule has 2 aromatic rings. The number of ether oxygens (including phenoxy) is 1. The normalized spacial score (nSPS) is 11.7. The van der Waals surface area contributed by atoms with Crippen LogP contribution in [0, 0.1) is 12.8 Å². The number of aryl methyl sites for hydroxylation is 1. The van der Waals surface area contributed by atoms with E-state index in [1.165, 1.54) is 0 Å². The molecule has 0 saturated heterocycles. The molecule has 2 aromatic carbocycles. The van der Waals surface area contributed by atoms with E-state index >= 15 is 0 Å². The Morgan fingerprint density at radius 2 is 1.73 bits per heavy atom. The third kappa shape index (κ3) is 4.75. The van der Waals surface area contributed by atoms with Crippen molar-refractivity contribution in [1.82, 2.24) is 5.32 Å². The minimum Gasteiger partial charge on any atom is -0.506 e. The second kappa shape index (κ2) is 8.38. The summed E-state index contributed by atoms with van der Waals surface area (Å²) < 4.78 is 5.07. The van der Waals surface area contributed by atoms with E-state index in [-0.39, 0.29) is 23.5 Å². The van der Waals surface area contributed by atoms with E-state index in [2.05, 4.69) is 10.6 Å². The Balaban J connectivity index is 2.11. The van der Waals surface area contributed by atoms with Crippen molar-refractivity contribution in [2.75, 3.05) is 12.4 Å². The molecule has 6 heteroatoms. The molecule has 1 unspecified atom stereocenters. The van der Waals surface area contributed by atoms with Gasteiger partial charge in [-0.05, 0) is 54.8 Å². The maximum Gasteiger partial charge on any atom is 0.251 e. The van der Waals surface area contributed by atoms with Gasteiger partial charge in [0.15, 0.2) is 0 Å². The maximum atomic E-state index is 12.6. The van der Waals surface area contributed by atoms with Crippen molar-refractivity contribution in [2.24, 2.45) is 5.92 Å². The zero-order valence-corrected chi connectivity index (χ0v) is 15.4. The average molecular weight is 356 g/mol. The van der Waals surface area contributed by atoms with Crippen LogP contribution in [0.2, 0.25) is 0 Å². The van der Waals surface area contributed by atoms with E-state index in [9.17, 15) is 14.7 Å². The second-order valence-corrected chi connectivity index (χ2v) is 6.43. The molecule has 0 spiro atoms. The van der Waals surface area contributed by atoms with Gasteiger partial charge in [-0.1, -0.05) is 19.9 Å².